The molecule has 0 heterocycles. The zero-order valence-corrected chi connectivity index (χ0v) is 10.3. The van der Waals surface area contributed by atoms with Crippen molar-refractivity contribution in [3.05, 3.63) is 30.3 Å². The van der Waals surface area contributed by atoms with Crippen molar-refractivity contribution >= 4 is 11.6 Å². The van der Waals surface area contributed by atoms with E-state index in [1.807, 2.05) is 26.0 Å². The maximum Gasteiger partial charge on any atom is 0.314 e. The summed E-state index contributed by atoms with van der Waals surface area (Å²) in [4.78, 5) is 0. The number of rotatable bonds is 7. The van der Waals surface area contributed by atoms with Crippen LogP contribution in [0.1, 0.15) is 13.8 Å². The Hall–Kier alpha value is -0.770. The van der Waals surface area contributed by atoms with Gasteiger partial charge in [0.1, 0.15) is 12.4 Å². The van der Waals surface area contributed by atoms with E-state index >= 15 is 0 Å². The lowest BCUT2D eigenvalue weighted by Gasteiger charge is -2.27. The molecule has 0 aliphatic heterocycles. The lowest BCUT2D eigenvalue weighted by atomic mass is 10.3. The van der Waals surface area contributed by atoms with Crippen LogP contribution in [0, 0.1) is 6.07 Å². The van der Waals surface area contributed by atoms with Crippen LogP contribution < -0.4 is 4.74 Å². The summed E-state index contributed by atoms with van der Waals surface area (Å²) in [6, 6.07) is 10.1. The molecule has 16 heavy (non-hydrogen) atoms. The molecule has 1 unspecified atom stereocenters. The van der Waals surface area contributed by atoms with E-state index < -0.39 is 5.25 Å². The van der Waals surface area contributed by atoms with Crippen molar-refractivity contribution in [2.45, 2.75) is 19.1 Å². The monoisotopic (exact) mass is 243 g/mol. The Labute approximate surface area is 101 Å². The van der Waals surface area contributed by atoms with E-state index in [1.165, 1.54) is 0 Å². The number of para-hydroxylation sites is 1. The highest BCUT2D eigenvalue weighted by molar-refractivity contribution is 6.22. The molecule has 0 N–H and O–H groups in total. The van der Waals surface area contributed by atoms with Gasteiger partial charge in [-0.2, -0.15) is 0 Å². The molecule has 89 valence electrons. The highest BCUT2D eigenvalue weighted by Crippen LogP contribution is 2.23. The Morgan fingerprint density at radius 2 is 2.12 bits per heavy atom. The van der Waals surface area contributed by atoms with E-state index in [1.54, 1.807) is 12.1 Å². The second-order valence-corrected chi connectivity index (χ2v) is 3.63. The first-order valence-corrected chi connectivity index (χ1v) is 5.64. The van der Waals surface area contributed by atoms with Gasteiger partial charge < -0.3 is 14.2 Å². The molecule has 0 fully saturated rings. The molecule has 1 aromatic carbocycles. The molecule has 1 atom stereocenters. The van der Waals surface area contributed by atoms with Crippen LogP contribution in [-0.4, -0.2) is 25.1 Å². The fraction of sp³-hybridized carbons (Fsp3) is 0.500. The average molecular weight is 244 g/mol. The lowest BCUT2D eigenvalue weighted by Crippen LogP contribution is -2.38. The molecule has 0 bridgehead atoms. The number of benzene rings is 1. The molecule has 1 radical (unpaired) electrons. The zero-order chi connectivity index (χ0) is 11.9. The van der Waals surface area contributed by atoms with Crippen molar-refractivity contribution in [2.75, 3.05) is 19.8 Å². The first-order valence-electron chi connectivity index (χ1n) is 5.26. The van der Waals surface area contributed by atoms with Crippen molar-refractivity contribution in [2.24, 2.45) is 0 Å². The highest BCUT2D eigenvalue weighted by atomic mass is 35.5. The molecule has 0 amide bonds. The Balaban J connectivity index is 2.62. The van der Waals surface area contributed by atoms with E-state index in [0.29, 0.717) is 19.0 Å². The standard InChI is InChI=1S/C12H16ClO3/c1-3-14-10-12(13,15-4-2)16-11-8-6-5-7-9-11/h5-8H,3-4,10H2,1-2H3. The SMILES string of the molecule is CCOCC(Cl)(OCC)Oc1[c]cccc1. The van der Waals surface area contributed by atoms with Gasteiger partial charge in [0.25, 0.3) is 0 Å². The molecule has 3 nitrogen and oxygen atoms in total. The molecule has 1 aromatic rings. The first-order chi connectivity index (χ1) is 7.70. The normalized spacial score (nSPS) is 14.4. The van der Waals surface area contributed by atoms with E-state index in [-0.39, 0.29) is 6.61 Å². The number of hydrogen-bond donors (Lipinski definition) is 0. The molecular weight excluding hydrogens is 228 g/mol. The van der Waals surface area contributed by atoms with E-state index in [2.05, 4.69) is 6.07 Å². The number of hydrogen-bond acceptors (Lipinski definition) is 3. The van der Waals surface area contributed by atoms with Crippen molar-refractivity contribution in [1.29, 1.82) is 0 Å². The minimum absolute atomic E-state index is 0.168. The van der Waals surface area contributed by atoms with Gasteiger partial charge in [-0.3, -0.25) is 0 Å². The van der Waals surface area contributed by atoms with E-state index in [9.17, 15) is 0 Å². The van der Waals surface area contributed by atoms with Crippen LogP contribution in [0.15, 0.2) is 24.3 Å². The smallest absolute Gasteiger partial charge is 0.314 e. The highest BCUT2D eigenvalue weighted by Gasteiger charge is 2.30. The summed E-state index contributed by atoms with van der Waals surface area (Å²) in [6.45, 7) is 4.91. The van der Waals surface area contributed by atoms with Gasteiger partial charge in [0.15, 0.2) is 0 Å². The summed E-state index contributed by atoms with van der Waals surface area (Å²) >= 11 is 6.16. The third kappa shape index (κ3) is 4.39. The first kappa shape index (κ1) is 13.3. The topological polar surface area (TPSA) is 27.7 Å². The van der Waals surface area contributed by atoms with Crippen LogP contribution in [0.25, 0.3) is 0 Å². The quantitative estimate of drug-likeness (QED) is 0.545. The number of alkyl halides is 1. The number of halogens is 1. The third-order valence-corrected chi connectivity index (χ3v) is 2.08. The van der Waals surface area contributed by atoms with Crippen molar-refractivity contribution < 1.29 is 14.2 Å². The predicted molar refractivity (Wildman–Crippen MR) is 62.6 cm³/mol. The van der Waals surface area contributed by atoms with Gasteiger partial charge in [-0.15, -0.1) is 0 Å². The Morgan fingerprint density at radius 3 is 2.69 bits per heavy atom. The van der Waals surface area contributed by atoms with Gasteiger partial charge in [0, 0.05) is 19.3 Å². The van der Waals surface area contributed by atoms with Crippen molar-refractivity contribution in [3.63, 3.8) is 0 Å². The second kappa shape index (κ2) is 6.74. The number of ether oxygens (including phenoxy) is 3. The molecule has 1 rings (SSSR count). The maximum atomic E-state index is 6.16. The minimum Gasteiger partial charge on any atom is -0.446 e. The van der Waals surface area contributed by atoms with Gasteiger partial charge >= 0.3 is 5.25 Å². The molecule has 0 saturated heterocycles. The average Bonchev–Trinajstić information content (AvgIpc) is 2.28. The molecular formula is C12H16ClO3. The Morgan fingerprint density at radius 1 is 1.31 bits per heavy atom. The van der Waals surface area contributed by atoms with Crippen LogP contribution >= 0.6 is 11.6 Å². The molecule has 4 heteroatoms. The van der Waals surface area contributed by atoms with Crippen LogP contribution in [-0.2, 0) is 9.47 Å². The van der Waals surface area contributed by atoms with Crippen LogP contribution in [0.4, 0.5) is 0 Å². The van der Waals surface area contributed by atoms with Gasteiger partial charge in [-0.1, -0.05) is 18.2 Å². The molecule has 0 aromatic heterocycles. The second-order valence-electron chi connectivity index (χ2n) is 3.06. The summed E-state index contributed by atoms with van der Waals surface area (Å²) in [7, 11) is 0. The zero-order valence-electron chi connectivity index (χ0n) is 9.53. The van der Waals surface area contributed by atoms with Crippen molar-refractivity contribution in [1.82, 2.24) is 0 Å². The van der Waals surface area contributed by atoms with Gasteiger partial charge in [-0.25, -0.2) is 0 Å². The summed E-state index contributed by atoms with van der Waals surface area (Å²) in [5, 5.41) is -1.28. The van der Waals surface area contributed by atoms with Crippen LogP contribution in [0.5, 0.6) is 5.75 Å². The fourth-order valence-corrected chi connectivity index (χ4v) is 1.41. The lowest BCUT2D eigenvalue weighted by molar-refractivity contribution is -0.151. The van der Waals surface area contributed by atoms with E-state index in [4.69, 9.17) is 25.8 Å². The van der Waals surface area contributed by atoms with Gasteiger partial charge in [0.05, 0.1) is 0 Å². The molecule has 0 aliphatic carbocycles. The Kier molecular flexibility index (Phi) is 5.60. The summed E-state index contributed by atoms with van der Waals surface area (Å²) in [6.07, 6.45) is 0. The molecule has 0 aliphatic rings. The predicted octanol–water partition coefficient (Wildman–Crippen LogP) is 2.83. The minimum atomic E-state index is -1.28. The summed E-state index contributed by atoms with van der Waals surface area (Å²) in [5.41, 5.74) is 0. The van der Waals surface area contributed by atoms with E-state index in [0.717, 1.165) is 0 Å². The van der Waals surface area contributed by atoms with Gasteiger partial charge in [-0.05, 0) is 31.5 Å². The van der Waals surface area contributed by atoms with Crippen LogP contribution in [0.3, 0.4) is 0 Å². The Bertz CT molecular complexity index is 292. The summed E-state index contributed by atoms with van der Waals surface area (Å²) < 4.78 is 16.1. The molecule has 0 spiro atoms. The third-order valence-electron chi connectivity index (χ3n) is 1.78. The fourth-order valence-electron chi connectivity index (χ4n) is 1.14. The molecule has 0 saturated carbocycles. The van der Waals surface area contributed by atoms with Gasteiger partial charge in [0.2, 0.25) is 0 Å². The van der Waals surface area contributed by atoms with Crippen LogP contribution in [0.2, 0.25) is 0 Å². The largest absolute Gasteiger partial charge is 0.446 e. The summed E-state index contributed by atoms with van der Waals surface area (Å²) in [5.74, 6) is 0.533. The maximum absolute atomic E-state index is 6.16. The van der Waals surface area contributed by atoms with Crippen molar-refractivity contribution in [3.8, 4) is 5.75 Å².